The summed E-state index contributed by atoms with van der Waals surface area (Å²) in [6.07, 6.45) is -1.37. The van der Waals surface area contributed by atoms with Gasteiger partial charge in [-0.15, -0.1) is 0 Å². The number of esters is 1. The molecule has 0 saturated heterocycles. The van der Waals surface area contributed by atoms with Crippen molar-refractivity contribution in [3.05, 3.63) is 33.4 Å². The summed E-state index contributed by atoms with van der Waals surface area (Å²) < 4.78 is 25.6. The molecule has 2 rings (SSSR count). The molecule has 0 unspecified atom stereocenters. The van der Waals surface area contributed by atoms with Crippen LogP contribution in [0.3, 0.4) is 0 Å². The van der Waals surface area contributed by atoms with E-state index >= 15 is 0 Å². The van der Waals surface area contributed by atoms with Crippen LogP contribution in [0.1, 0.15) is 39.1 Å². The van der Waals surface area contributed by atoms with Crippen molar-refractivity contribution in [2.45, 2.75) is 46.6 Å². The van der Waals surface area contributed by atoms with E-state index in [1.54, 1.807) is 27.7 Å². The predicted octanol–water partition coefficient (Wildman–Crippen LogP) is 3.28. The number of carbonyl (C=O) groups excluding carboxylic acids is 2. The number of nitro benzene ring substituents is 1. The molecule has 0 saturated carbocycles. The van der Waals surface area contributed by atoms with Gasteiger partial charge in [0.1, 0.15) is 28.9 Å². The molecule has 9 nitrogen and oxygen atoms in total. The number of ether oxygens (including phenoxy) is 2. The van der Waals surface area contributed by atoms with E-state index in [0.717, 1.165) is 4.57 Å². The van der Waals surface area contributed by atoms with Crippen molar-refractivity contribution in [3.63, 3.8) is 0 Å². The first-order chi connectivity index (χ1) is 12.5. The van der Waals surface area contributed by atoms with Gasteiger partial charge in [0.2, 0.25) is 0 Å². The number of nitro groups is 1. The Morgan fingerprint density at radius 1 is 1.37 bits per heavy atom. The molecule has 1 heterocycles. The molecule has 27 heavy (non-hydrogen) atoms. The molecule has 2 aromatic rings. The Labute approximate surface area is 154 Å². The lowest BCUT2D eigenvalue weighted by atomic mass is 10.1. The average Bonchev–Trinajstić information content (AvgIpc) is 2.89. The number of benzene rings is 1. The maximum Gasteiger partial charge on any atom is 0.420 e. The third kappa shape index (κ3) is 4.21. The maximum atomic E-state index is 14.7. The Bertz CT molecular complexity index is 929. The maximum absolute atomic E-state index is 14.7. The number of hydrogen-bond donors (Lipinski definition) is 0. The predicted molar refractivity (Wildman–Crippen MR) is 93.1 cm³/mol. The third-order valence-electron chi connectivity index (χ3n) is 3.56. The molecule has 1 aromatic carbocycles. The molecule has 146 valence electrons. The molecule has 0 aliphatic rings. The molecule has 10 heteroatoms. The highest BCUT2D eigenvalue weighted by atomic mass is 19.1. The number of halogens is 1. The van der Waals surface area contributed by atoms with Crippen LogP contribution in [0.4, 0.5) is 14.9 Å². The Balaban J connectivity index is 2.74. The molecule has 0 N–H and O–H groups in total. The van der Waals surface area contributed by atoms with E-state index in [0.29, 0.717) is 6.07 Å². The fraction of sp³-hybridized carbons (Fsp3) is 0.471. The van der Waals surface area contributed by atoms with Crippen molar-refractivity contribution in [3.8, 4) is 0 Å². The van der Waals surface area contributed by atoms with Crippen molar-refractivity contribution in [1.29, 1.82) is 0 Å². The summed E-state index contributed by atoms with van der Waals surface area (Å²) in [5.41, 5.74) is -1.67. The van der Waals surface area contributed by atoms with E-state index in [2.05, 4.69) is 4.98 Å². The molecule has 0 bridgehead atoms. The quantitative estimate of drug-likeness (QED) is 0.453. The van der Waals surface area contributed by atoms with Crippen LogP contribution in [0.15, 0.2) is 6.07 Å². The third-order valence-corrected chi connectivity index (χ3v) is 3.56. The standard InChI is InChI=1S/C17H20FN3O6/c1-6-26-13(22)8-12-19-14-9(2)11(21(24)25)7-10(18)15(14)20(12)16(23)27-17(3,4)5/h7H,6,8H2,1-5H3. The zero-order valence-electron chi connectivity index (χ0n) is 15.7. The van der Waals surface area contributed by atoms with E-state index < -0.39 is 40.5 Å². The minimum Gasteiger partial charge on any atom is -0.466 e. The number of carbonyl (C=O) groups is 2. The van der Waals surface area contributed by atoms with Crippen LogP contribution in [0.25, 0.3) is 11.0 Å². The molecule has 0 aliphatic carbocycles. The second kappa shape index (κ2) is 7.29. The lowest BCUT2D eigenvalue weighted by Gasteiger charge is -2.20. The van der Waals surface area contributed by atoms with Gasteiger partial charge in [-0.25, -0.2) is 18.7 Å². The first-order valence-electron chi connectivity index (χ1n) is 8.20. The van der Waals surface area contributed by atoms with Crippen LogP contribution in [0.5, 0.6) is 0 Å². The monoisotopic (exact) mass is 381 g/mol. The minimum atomic E-state index is -1.02. The summed E-state index contributed by atoms with van der Waals surface area (Å²) in [4.78, 5) is 39.0. The van der Waals surface area contributed by atoms with Gasteiger partial charge in [0.15, 0.2) is 5.82 Å². The summed E-state index contributed by atoms with van der Waals surface area (Å²) in [5, 5.41) is 11.1. The van der Waals surface area contributed by atoms with E-state index in [9.17, 15) is 24.1 Å². The van der Waals surface area contributed by atoms with Crippen molar-refractivity contribution in [2.75, 3.05) is 6.61 Å². The number of hydrogen-bond acceptors (Lipinski definition) is 7. The lowest BCUT2D eigenvalue weighted by Crippen LogP contribution is -2.29. The zero-order chi connectivity index (χ0) is 20.5. The van der Waals surface area contributed by atoms with E-state index in [1.807, 2.05) is 0 Å². The fourth-order valence-corrected chi connectivity index (χ4v) is 2.52. The first kappa shape index (κ1) is 20.3. The highest BCUT2D eigenvalue weighted by molar-refractivity contribution is 5.92. The van der Waals surface area contributed by atoms with Crippen molar-refractivity contribution < 1.29 is 28.4 Å². The topological polar surface area (TPSA) is 114 Å². The summed E-state index contributed by atoms with van der Waals surface area (Å²) in [5.74, 6) is -1.82. The molecular formula is C17H20FN3O6. The van der Waals surface area contributed by atoms with Gasteiger partial charge in [-0.3, -0.25) is 14.9 Å². The molecule has 0 radical (unpaired) electrons. The van der Waals surface area contributed by atoms with E-state index in [1.165, 1.54) is 6.92 Å². The lowest BCUT2D eigenvalue weighted by molar-refractivity contribution is -0.385. The summed E-state index contributed by atoms with van der Waals surface area (Å²) in [6, 6.07) is 0.717. The summed E-state index contributed by atoms with van der Waals surface area (Å²) in [6.45, 7) is 8.00. The van der Waals surface area contributed by atoms with Gasteiger partial charge in [-0.05, 0) is 34.6 Å². The van der Waals surface area contributed by atoms with Crippen LogP contribution in [0.2, 0.25) is 0 Å². The Kier molecular flexibility index (Phi) is 5.48. The van der Waals surface area contributed by atoms with Crippen LogP contribution in [-0.2, 0) is 20.7 Å². The summed E-state index contributed by atoms with van der Waals surface area (Å²) >= 11 is 0. The van der Waals surface area contributed by atoms with Crippen molar-refractivity contribution >= 4 is 28.8 Å². The Morgan fingerprint density at radius 3 is 2.52 bits per heavy atom. The number of aromatic nitrogens is 2. The second-order valence-electron chi connectivity index (χ2n) is 6.78. The van der Waals surface area contributed by atoms with Gasteiger partial charge in [0.25, 0.3) is 5.69 Å². The molecule has 0 amide bonds. The van der Waals surface area contributed by atoms with Crippen LogP contribution in [-0.4, -0.2) is 38.7 Å². The van der Waals surface area contributed by atoms with Crippen molar-refractivity contribution in [1.82, 2.24) is 9.55 Å². The van der Waals surface area contributed by atoms with Gasteiger partial charge >= 0.3 is 12.1 Å². The number of nitrogens with zero attached hydrogens (tertiary/aromatic N) is 3. The largest absolute Gasteiger partial charge is 0.466 e. The van der Waals surface area contributed by atoms with Crippen LogP contribution in [0, 0.1) is 22.9 Å². The SMILES string of the molecule is CCOC(=O)Cc1nc2c(C)c([N+](=O)[O-])cc(F)c2n1C(=O)OC(C)(C)C. The molecule has 0 fully saturated rings. The van der Waals surface area contributed by atoms with Gasteiger partial charge < -0.3 is 9.47 Å². The van der Waals surface area contributed by atoms with E-state index in [-0.39, 0.29) is 29.0 Å². The zero-order valence-corrected chi connectivity index (χ0v) is 15.7. The van der Waals surface area contributed by atoms with Gasteiger partial charge in [-0.2, -0.15) is 0 Å². The smallest absolute Gasteiger partial charge is 0.420 e. The summed E-state index contributed by atoms with van der Waals surface area (Å²) in [7, 11) is 0. The number of rotatable bonds is 4. The highest BCUT2D eigenvalue weighted by Gasteiger charge is 2.29. The number of fused-ring (bicyclic) bond motifs is 1. The number of imidazole rings is 1. The first-order valence-corrected chi connectivity index (χ1v) is 8.20. The molecule has 1 aromatic heterocycles. The minimum absolute atomic E-state index is 0.0730. The highest BCUT2D eigenvalue weighted by Crippen LogP contribution is 2.31. The van der Waals surface area contributed by atoms with Gasteiger partial charge in [0, 0.05) is 0 Å². The second-order valence-corrected chi connectivity index (χ2v) is 6.78. The molecule has 0 atom stereocenters. The molecular weight excluding hydrogens is 361 g/mol. The van der Waals surface area contributed by atoms with Crippen LogP contribution < -0.4 is 0 Å². The Hall–Kier alpha value is -3.04. The average molecular weight is 381 g/mol. The molecule has 0 spiro atoms. The number of aryl methyl sites for hydroxylation is 1. The molecule has 0 aliphatic heterocycles. The van der Waals surface area contributed by atoms with E-state index in [4.69, 9.17) is 9.47 Å². The van der Waals surface area contributed by atoms with Crippen LogP contribution >= 0.6 is 0 Å². The van der Waals surface area contributed by atoms with Crippen molar-refractivity contribution in [2.24, 2.45) is 0 Å². The van der Waals surface area contributed by atoms with Gasteiger partial charge in [-0.1, -0.05) is 0 Å². The fourth-order valence-electron chi connectivity index (χ4n) is 2.52. The van der Waals surface area contributed by atoms with Gasteiger partial charge in [0.05, 0.1) is 23.2 Å². The normalized spacial score (nSPS) is 11.5. The Morgan fingerprint density at radius 2 is 2.00 bits per heavy atom.